The molecular weight excluding hydrogens is 216 g/mol. The molecule has 2 heterocycles. The van der Waals surface area contributed by atoms with Gasteiger partial charge in [0.15, 0.2) is 0 Å². The minimum Gasteiger partial charge on any atom is -0.281 e. The Morgan fingerprint density at radius 3 is 2.88 bits per heavy atom. The number of nitrogens with one attached hydrogen (secondary N) is 2. The van der Waals surface area contributed by atoms with Crippen LogP contribution in [0, 0.1) is 17.8 Å². The average Bonchev–Trinajstić information content (AvgIpc) is 3.08. The second kappa shape index (κ2) is 2.57. The maximum atomic E-state index is 4.36. The number of hydrogen-bond donors (Lipinski definition) is 2. The number of aromatic nitrogens is 6. The van der Waals surface area contributed by atoms with Crippen molar-refractivity contribution in [3.63, 3.8) is 0 Å². The van der Waals surface area contributed by atoms with Crippen molar-refractivity contribution >= 4 is 0 Å². The molecule has 0 bridgehead atoms. The minimum atomic E-state index is 0.617. The molecule has 0 spiro atoms. The zero-order chi connectivity index (χ0) is 11.0. The van der Waals surface area contributed by atoms with Gasteiger partial charge in [-0.2, -0.15) is 10.3 Å². The van der Waals surface area contributed by atoms with Crippen LogP contribution in [0.1, 0.15) is 30.0 Å². The Balaban J connectivity index is 1.56. The monoisotopic (exact) mass is 228 g/mol. The molecule has 5 rings (SSSR count). The molecule has 2 saturated carbocycles. The first-order valence-corrected chi connectivity index (χ1v) is 6.24. The first-order valence-electron chi connectivity index (χ1n) is 6.24. The Hall–Kier alpha value is -1.72. The van der Waals surface area contributed by atoms with Crippen molar-refractivity contribution in [3.05, 3.63) is 11.3 Å². The summed E-state index contributed by atoms with van der Waals surface area (Å²) in [5.41, 5.74) is 3.58. The number of fused-ring (bicyclic) bond motifs is 3. The molecule has 2 N–H and O–H groups in total. The Bertz CT molecular complexity index is 581. The molecule has 0 saturated heterocycles. The van der Waals surface area contributed by atoms with Gasteiger partial charge in [0.05, 0.1) is 0 Å². The van der Waals surface area contributed by atoms with Crippen LogP contribution >= 0.6 is 0 Å². The SMILES string of the molecule is C1CC1[C@@H]1[C@H]2Cc3c(-c4nn[nH]n4)n[nH]c3[C@H]21. The Morgan fingerprint density at radius 1 is 1.18 bits per heavy atom. The smallest absolute Gasteiger partial charge is 0.225 e. The number of rotatable bonds is 2. The summed E-state index contributed by atoms with van der Waals surface area (Å²) in [5, 5.41) is 21.7. The van der Waals surface area contributed by atoms with Gasteiger partial charge in [-0.1, -0.05) is 0 Å². The van der Waals surface area contributed by atoms with Crippen LogP contribution in [-0.4, -0.2) is 30.8 Å². The lowest BCUT2D eigenvalue weighted by Crippen LogP contribution is -1.95. The molecule has 86 valence electrons. The van der Waals surface area contributed by atoms with E-state index in [2.05, 4.69) is 30.8 Å². The van der Waals surface area contributed by atoms with E-state index in [1.54, 1.807) is 0 Å². The van der Waals surface area contributed by atoms with E-state index in [0.717, 1.165) is 35.8 Å². The Morgan fingerprint density at radius 2 is 2.12 bits per heavy atom. The average molecular weight is 228 g/mol. The summed E-state index contributed by atoms with van der Waals surface area (Å²) < 4.78 is 0. The predicted molar refractivity (Wildman–Crippen MR) is 57.9 cm³/mol. The summed E-state index contributed by atoms with van der Waals surface area (Å²) in [6, 6.07) is 0. The molecule has 6 nitrogen and oxygen atoms in total. The van der Waals surface area contributed by atoms with Gasteiger partial charge in [-0.15, -0.1) is 10.2 Å². The van der Waals surface area contributed by atoms with Crippen molar-refractivity contribution in [2.75, 3.05) is 0 Å². The fourth-order valence-electron chi connectivity index (χ4n) is 3.74. The van der Waals surface area contributed by atoms with Crippen molar-refractivity contribution in [2.45, 2.75) is 25.2 Å². The number of H-pyrrole nitrogens is 2. The van der Waals surface area contributed by atoms with Crippen molar-refractivity contribution in [2.24, 2.45) is 17.8 Å². The lowest BCUT2D eigenvalue weighted by molar-refractivity contribution is 0.614. The van der Waals surface area contributed by atoms with E-state index in [1.165, 1.54) is 24.1 Å². The number of nitrogens with zero attached hydrogens (tertiary/aromatic N) is 4. The van der Waals surface area contributed by atoms with Crippen LogP contribution in [0.5, 0.6) is 0 Å². The molecular formula is C11H12N6. The third kappa shape index (κ3) is 0.963. The largest absolute Gasteiger partial charge is 0.281 e. The predicted octanol–water partition coefficient (Wildman–Crippen LogP) is 0.885. The third-order valence-corrected chi connectivity index (χ3v) is 4.63. The lowest BCUT2D eigenvalue weighted by Gasteiger charge is -2.01. The molecule has 3 aliphatic carbocycles. The maximum absolute atomic E-state index is 4.36. The Kier molecular flexibility index (Phi) is 1.27. The van der Waals surface area contributed by atoms with Gasteiger partial charge in [0.25, 0.3) is 0 Å². The van der Waals surface area contributed by atoms with Gasteiger partial charge in [0.1, 0.15) is 5.69 Å². The molecule has 6 heteroatoms. The highest BCUT2D eigenvalue weighted by Gasteiger charge is 2.62. The maximum Gasteiger partial charge on any atom is 0.225 e. The summed E-state index contributed by atoms with van der Waals surface area (Å²) >= 11 is 0. The molecule has 2 aromatic heterocycles. The third-order valence-electron chi connectivity index (χ3n) is 4.63. The van der Waals surface area contributed by atoms with E-state index >= 15 is 0 Å². The fourth-order valence-corrected chi connectivity index (χ4v) is 3.74. The molecule has 2 aromatic rings. The van der Waals surface area contributed by atoms with Gasteiger partial charge >= 0.3 is 0 Å². The van der Waals surface area contributed by atoms with Crippen LogP contribution in [0.25, 0.3) is 11.5 Å². The van der Waals surface area contributed by atoms with E-state index in [0.29, 0.717) is 5.82 Å². The standard InChI is InChI=1S/C11H12N6/c1-2-4(1)7-5-3-6-9(8(5)7)12-13-10(6)11-14-16-17-15-11/h4-5,7-8H,1-3H2,(H,12,13)(H,14,15,16,17)/t5-,7-,8-/m1/s1. The van der Waals surface area contributed by atoms with Gasteiger partial charge in [0, 0.05) is 17.2 Å². The lowest BCUT2D eigenvalue weighted by atomic mass is 10.0. The van der Waals surface area contributed by atoms with Gasteiger partial charge < -0.3 is 0 Å². The molecule has 3 aliphatic rings. The van der Waals surface area contributed by atoms with Crippen LogP contribution in [0.3, 0.4) is 0 Å². The van der Waals surface area contributed by atoms with Crippen molar-refractivity contribution in [1.29, 1.82) is 0 Å². The molecule has 0 radical (unpaired) electrons. The van der Waals surface area contributed by atoms with E-state index < -0.39 is 0 Å². The van der Waals surface area contributed by atoms with Gasteiger partial charge in [-0.25, -0.2) is 0 Å². The summed E-state index contributed by atoms with van der Waals surface area (Å²) in [6.07, 6.45) is 4.04. The number of tetrazole rings is 1. The molecule has 2 fully saturated rings. The highest BCUT2D eigenvalue weighted by molar-refractivity contribution is 5.59. The van der Waals surface area contributed by atoms with E-state index in [-0.39, 0.29) is 0 Å². The van der Waals surface area contributed by atoms with E-state index in [9.17, 15) is 0 Å². The molecule has 17 heavy (non-hydrogen) atoms. The van der Waals surface area contributed by atoms with Crippen LogP contribution in [0.4, 0.5) is 0 Å². The minimum absolute atomic E-state index is 0.617. The highest BCUT2D eigenvalue weighted by atomic mass is 15.5. The van der Waals surface area contributed by atoms with Gasteiger partial charge in [-0.3, -0.25) is 5.10 Å². The summed E-state index contributed by atoms with van der Waals surface area (Å²) in [7, 11) is 0. The van der Waals surface area contributed by atoms with Crippen LogP contribution < -0.4 is 0 Å². The number of aromatic amines is 2. The van der Waals surface area contributed by atoms with Gasteiger partial charge in [0.2, 0.25) is 5.82 Å². The normalized spacial score (nSPS) is 33.5. The number of hydrogen-bond acceptors (Lipinski definition) is 4. The first kappa shape index (κ1) is 8.38. The molecule has 3 atom stereocenters. The Labute approximate surface area is 97.2 Å². The topological polar surface area (TPSA) is 83.1 Å². The van der Waals surface area contributed by atoms with E-state index in [4.69, 9.17) is 0 Å². The van der Waals surface area contributed by atoms with Crippen molar-refractivity contribution < 1.29 is 0 Å². The zero-order valence-corrected chi connectivity index (χ0v) is 9.22. The van der Waals surface area contributed by atoms with Gasteiger partial charge in [-0.05, 0) is 42.2 Å². The van der Waals surface area contributed by atoms with Crippen molar-refractivity contribution in [3.8, 4) is 11.5 Å². The highest BCUT2D eigenvalue weighted by Crippen LogP contribution is 2.68. The molecule has 0 aliphatic heterocycles. The fraction of sp³-hybridized carbons (Fsp3) is 0.636. The van der Waals surface area contributed by atoms with Crippen molar-refractivity contribution in [1.82, 2.24) is 30.8 Å². The molecule has 0 unspecified atom stereocenters. The summed E-state index contributed by atoms with van der Waals surface area (Å²) in [4.78, 5) is 0. The molecule has 0 aromatic carbocycles. The van der Waals surface area contributed by atoms with Crippen LogP contribution in [-0.2, 0) is 6.42 Å². The molecule has 0 amide bonds. The summed E-state index contributed by atoms with van der Waals surface area (Å²) in [6.45, 7) is 0. The second-order valence-electron chi connectivity index (χ2n) is 5.51. The summed E-state index contributed by atoms with van der Waals surface area (Å²) in [5.74, 6) is 4.20. The van der Waals surface area contributed by atoms with Crippen LogP contribution in [0.15, 0.2) is 0 Å². The second-order valence-corrected chi connectivity index (χ2v) is 5.51. The zero-order valence-electron chi connectivity index (χ0n) is 9.22. The van der Waals surface area contributed by atoms with E-state index in [1.807, 2.05) is 0 Å². The first-order chi connectivity index (χ1) is 8.43. The van der Waals surface area contributed by atoms with Crippen LogP contribution in [0.2, 0.25) is 0 Å². The quantitative estimate of drug-likeness (QED) is 0.799.